The molecule has 222 valence electrons. The highest BCUT2D eigenvalue weighted by Crippen LogP contribution is 2.58. The van der Waals surface area contributed by atoms with E-state index in [1.807, 2.05) is 0 Å². The zero-order valence-corrected chi connectivity index (χ0v) is 24.2. The first-order chi connectivity index (χ1) is 19.5. The average Bonchev–Trinajstić information content (AvgIpc) is 3.45. The molecule has 2 aliphatic heterocycles. The quantitative estimate of drug-likeness (QED) is 0.262. The monoisotopic (exact) mass is 613 g/mol. The van der Waals surface area contributed by atoms with E-state index in [0.29, 0.717) is 17.0 Å². The number of rotatable bonds is 9. The van der Waals surface area contributed by atoms with Gasteiger partial charge in [-0.1, -0.05) is 30.7 Å². The minimum atomic E-state index is -4.11. The summed E-state index contributed by atoms with van der Waals surface area (Å²) in [5.74, 6) is -0.652. The first kappa shape index (κ1) is 29.6. The number of ether oxygens (including phenoxy) is 3. The molecule has 2 aromatic heterocycles. The van der Waals surface area contributed by atoms with Crippen LogP contribution in [0.1, 0.15) is 51.5 Å². The molecule has 13 nitrogen and oxygen atoms in total. The van der Waals surface area contributed by atoms with E-state index < -0.39 is 50.6 Å². The van der Waals surface area contributed by atoms with Crippen LogP contribution in [0.25, 0.3) is 11.2 Å². The third kappa shape index (κ3) is 6.04. The molecule has 4 heterocycles. The molecule has 5 rings (SSSR count). The van der Waals surface area contributed by atoms with E-state index in [0.717, 1.165) is 0 Å². The van der Waals surface area contributed by atoms with Crippen LogP contribution in [0.5, 0.6) is 5.88 Å². The number of fused-ring (bicyclic) bond motifs is 1. The smallest absolute Gasteiger partial charge is 0.475 e. The van der Waals surface area contributed by atoms with Crippen molar-refractivity contribution in [2.75, 3.05) is 25.6 Å². The molecule has 0 aliphatic carbocycles. The van der Waals surface area contributed by atoms with E-state index in [-0.39, 0.29) is 42.6 Å². The normalized spacial score (nSPS) is 30.0. The van der Waals surface area contributed by atoms with Gasteiger partial charge in [0.05, 0.1) is 32.3 Å². The maximum Gasteiger partial charge on any atom is 0.475 e. The maximum atomic E-state index is 16.6. The third-order valence-electron chi connectivity index (χ3n) is 6.67. The number of imidazole rings is 1. The van der Waals surface area contributed by atoms with Gasteiger partial charge < -0.3 is 19.9 Å². The Morgan fingerprint density at radius 2 is 2.15 bits per heavy atom. The van der Waals surface area contributed by atoms with Crippen LogP contribution in [0.3, 0.4) is 0 Å². The average molecular weight is 614 g/mol. The second kappa shape index (κ2) is 11.8. The van der Waals surface area contributed by atoms with Gasteiger partial charge in [-0.05, 0) is 31.5 Å². The van der Waals surface area contributed by atoms with Crippen molar-refractivity contribution >= 4 is 42.5 Å². The number of nitrogens with two attached hydrogens (primary N) is 1. The van der Waals surface area contributed by atoms with Crippen LogP contribution in [0.4, 0.5) is 10.3 Å². The highest BCUT2D eigenvalue weighted by Gasteiger charge is 2.59. The predicted octanol–water partition coefficient (Wildman–Crippen LogP) is 4.71. The van der Waals surface area contributed by atoms with Gasteiger partial charge in [0, 0.05) is 17.9 Å². The molecule has 0 bridgehead atoms. The number of carbonyl (C=O) groups excluding carboxylic acids is 1. The lowest BCUT2D eigenvalue weighted by molar-refractivity contribution is -0.158. The zero-order valence-electron chi connectivity index (χ0n) is 22.6. The highest BCUT2D eigenvalue weighted by molar-refractivity contribution is 7.48. The summed E-state index contributed by atoms with van der Waals surface area (Å²) in [6, 6.07) is 6.94. The summed E-state index contributed by atoms with van der Waals surface area (Å²) in [6.07, 6.45) is -2.96. The lowest BCUT2D eigenvalue weighted by atomic mass is 9.98. The van der Waals surface area contributed by atoms with Crippen molar-refractivity contribution in [2.24, 2.45) is 0 Å². The number of benzene rings is 1. The minimum absolute atomic E-state index is 0.00760. The van der Waals surface area contributed by atoms with Gasteiger partial charge in [0.1, 0.15) is 6.10 Å². The minimum Gasteiger partial charge on any atom is -0.476 e. The standard InChI is InChI=1S/C25H30ClFN5O8P/c1-4-18(33)39-20-17(12-37-41(34)36-10-9-16(40-41)14-7-6-8-15(26)11-14)38-23(25(20,3)27)32-13-29-19-21(32)30-24(28)31-22(19)35-5-2/h6-8,11,13,16-17,20,23H,4-5,9-10,12H2,1-3H3,(H2,28,30,31). The third-order valence-corrected chi connectivity index (χ3v) is 8.38. The Hall–Kier alpha value is -2.87. The van der Waals surface area contributed by atoms with Gasteiger partial charge >= 0.3 is 13.8 Å². The van der Waals surface area contributed by atoms with E-state index >= 15 is 4.39 Å². The summed E-state index contributed by atoms with van der Waals surface area (Å²) in [4.78, 5) is 24.8. The van der Waals surface area contributed by atoms with E-state index in [1.165, 1.54) is 17.8 Å². The SMILES string of the molecule is CCOc1nc(N)nc2c1ncn2C1OC(COP2(=O)OCCC(c3cccc(Cl)c3)O2)C(OC(=O)CC)C1(C)F. The van der Waals surface area contributed by atoms with Crippen molar-refractivity contribution in [3.05, 3.63) is 41.2 Å². The largest absolute Gasteiger partial charge is 0.476 e. The van der Waals surface area contributed by atoms with E-state index in [9.17, 15) is 9.36 Å². The number of nitrogen functional groups attached to an aromatic ring is 1. The molecule has 0 spiro atoms. The fraction of sp³-hybridized carbons (Fsp3) is 0.520. The summed E-state index contributed by atoms with van der Waals surface area (Å²) in [5, 5.41) is 0.494. The number of alkyl halides is 1. The topological polar surface area (TPSA) is 159 Å². The van der Waals surface area contributed by atoms with E-state index in [1.54, 1.807) is 38.1 Å². The zero-order chi connectivity index (χ0) is 29.4. The van der Waals surface area contributed by atoms with Crippen molar-refractivity contribution in [1.29, 1.82) is 0 Å². The van der Waals surface area contributed by atoms with Crippen LogP contribution in [-0.4, -0.2) is 63.2 Å². The highest BCUT2D eigenvalue weighted by atomic mass is 35.5. The van der Waals surface area contributed by atoms with Crippen molar-refractivity contribution in [3.63, 3.8) is 0 Å². The Morgan fingerprint density at radius 1 is 1.34 bits per heavy atom. The summed E-state index contributed by atoms with van der Waals surface area (Å²) >= 11 is 6.10. The first-order valence-electron chi connectivity index (χ1n) is 13.0. The molecule has 6 atom stereocenters. The molecule has 1 aromatic carbocycles. The molecule has 2 saturated heterocycles. The van der Waals surface area contributed by atoms with E-state index in [2.05, 4.69) is 15.0 Å². The molecule has 0 saturated carbocycles. The molecule has 6 unspecified atom stereocenters. The Balaban J connectivity index is 1.40. The summed E-state index contributed by atoms with van der Waals surface area (Å²) in [7, 11) is -4.11. The van der Waals surface area contributed by atoms with Gasteiger partial charge in [0.25, 0.3) is 0 Å². The second-order valence-corrected chi connectivity index (χ2v) is 11.7. The van der Waals surface area contributed by atoms with Crippen LogP contribution < -0.4 is 10.5 Å². The predicted molar refractivity (Wildman–Crippen MR) is 144 cm³/mol. The number of phosphoric ester groups is 1. The Kier molecular flexibility index (Phi) is 8.51. The Morgan fingerprint density at radius 3 is 2.88 bits per heavy atom. The van der Waals surface area contributed by atoms with Crippen molar-refractivity contribution in [3.8, 4) is 5.88 Å². The first-order valence-corrected chi connectivity index (χ1v) is 14.9. The van der Waals surface area contributed by atoms with Crippen molar-refractivity contribution < 1.29 is 41.5 Å². The lowest BCUT2D eigenvalue weighted by Gasteiger charge is -2.30. The number of anilines is 1. The number of halogens is 2. The van der Waals surface area contributed by atoms with Crippen LogP contribution in [0.2, 0.25) is 5.02 Å². The molecular formula is C25H30ClFN5O8P. The molecule has 3 aromatic rings. The fourth-order valence-corrected chi connectivity index (χ4v) is 6.34. The van der Waals surface area contributed by atoms with E-state index in [4.69, 9.17) is 45.1 Å². The van der Waals surface area contributed by atoms with Crippen LogP contribution in [0.15, 0.2) is 30.6 Å². The molecule has 0 radical (unpaired) electrons. The summed E-state index contributed by atoms with van der Waals surface area (Å²) in [6.45, 7) is 4.45. The number of hydrogen-bond donors (Lipinski definition) is 1. The molecule has 2 N–H and O–H groups in total. The van der Waals surface area contributed by atoms with Crippen LogP contribution >= 0.6 is 19.4 Å². The second-order valence-electron chi connectivity index (χ2n) is 9.60. The molecule has 0 amide bonds. The Labute approximate surface area is 240 Å². The summed E-state index contributed by atoms with van der Waals surface area (Å²) in [5.41, 5.74) is 4.63. The van der Waals surface area contributed by atoms with Crippen molar-refractivity contribution in [2.45, 2.75) is 63.8 Å². The molecule has 41 heavy (non-hydrogen) atoms. The van der Waals surface area contributed by atoms with Gasteiger partial charge in [-0.3, -0.25) is 22.9 Å². The molecule has 16 heteroatoms. The van der Waals surface area contributed by atoms with Gasteiger partial charge in [-0.2, -0.15) is 9.97 Å². The number of carbonyl (C=O) groups is 1. The van der Waals surface area contributed by atoms with Gasteiger partial charge in [0.2, 0.25) is 11.8 Å². The summed E-state index contributed by atoms with van der Waals surface area (Å²) < 4.78 is 65.0. The molecular weight excluding hydrogens is 584 g/mol. The number of nitrogens with zero attached hydrogens (tertiary/aromatic N) is 4. The van der Waals surface area contributed by atoms with Gasteiger partial charge in [-0.15, -0.1) is 0 Å². The lowest BCUT2D eigenvalue weighted by Crippen LogP contribution is -2.44. The fourth-order valence-electron chi connectivity index (χ4n) is 4.75. The number of aromatic nitrogens is 4. The number of esters is 1. The van der Waals surface area contributed by atoms with Crippen LogP contribution in [-0.2, 0) is 32.4 Å². The molecule has 2 aliphatic rings. The number of phosphoric acid groups is 1. The maximum absolute atomic E-state index is 16.6. The van der Waals surface area contributed by atoms with Gasteiger partial charge in [0.15, 0.2) is 29.2 Å². The number of hydrogen-bond acceptors (Lipinski definition) is 12. The molecule has 2 fully saturated rings. The van der Waals surface area contributed by atoms with Crippen LogP contribution in [0, 0.1) is 0 Å². The van der Waals surface area contributed by atoms with Gasteiger partial charge in [-0.25, -0.2) is 13.9 Å². The Bertz CT molecular complexity index is 1480. The van der Waals surface area contributed by atoms with Crippen molar-refractivity contribution in [1.82, 2.24) is 19.5 Å².